The summed E-state index contributed by atoms with van der Waals surface area (Å²) >= 11 is 0. The fraction of sp³-hybridized carbons (Fsp3) is 0.600. The van der Waals surface area contributed by atoms with Crippen LogP contribution in [0.25, 0.3) is 0 Å². The van der Waals surface area contributed by atoms with E-state index in [-0.39, 0.29) is 11.4 Å². The van der Waals surface area contributed by atoms with Crippen LogP contribution < -0.4 is 10.2 Å². The number of benzene rings is 1. The molecule has 0 amide bonds. The van der Waals surface area contributed by atoms with Crippen molar-refractivity contribution in [1.29, 1.82) is 0 Å². The Kier molecular flexibility index (Phi) is 3.91. The first kappa shape index (κ1) is 13.3. The second-order valence-corrected chi connectivity index (χ2v) is 5.57. The first-order valence-corrected chi connectivity index (χ1v) is 6.80. The highest BCUT2D eigenvalue weighted by Crippen LogP contribution is 2.25. The van der Waals surface area contributed by atoms with Crippen LogP contribution in [0.15, 0.2) is 18.2 Å². The Labute approximate surface area is 109 Å². The standard InChI is InChI=1S/C15H23FN2/c1-4-15(3)11-18(9-5-8-17-15)14-7-6-12(2)10-13(14)16/h6-7,10,17H,4-5,8-9,11H2,1-3H3. The summed E-state index contributed by atoms with van der Waals surface area (Å²) in [6, 6.07) is 5.52. The second-order valence-electron chi connectivity index (χ2n) is 5.57. The number of hydrogen-bond donors (Lipinski definition) is 1. The lowest BCUT2D eigenvalue weighted by atomic mass is 9.98. The largest absolute Gasteiger partial charge is 0.367 e. The molecule has 2 nitrogen and oxygen atoms in total. The number of aryl methyl sites for hydroxylation is 1. The highest BCUT2D eigenvalue weighted by molar-refractivity contribution is 5.49. The molecule has 18 heavy (non-hydrogen) atoms. The number of nitrogens with zero attached hydrogens (tertiary/aromatic N) is 1. The normalized spacial score (nSPS) is 25.0. The maximum atomic E-state index is 14.1. The number of anilines is 1. The highest BCUT2D eigenvalue weighted by atomic mass is 19.1. The fourth-order valence-electron chi connectivity index (χ4n) is 2.53. The lowest BCUT2D eigenvalue weighted by Gasteiger charge is -2.34. The number of hydrogen-bond acceptors (Lipinski definition) is 2. The van der Waals surface area contributed by atoms with Crippen molar-refractivity contribution in [2.24, 2.45) is 0 Å². The van der Waals surface area contributed by atoms with E-state index in [9.17, 15) is 4.39 Å². The summed E-state index contributed by atoms with van der Waals surface area (Å²) in [5, 5.41) is 3.57. The summed E-state index contributed by atoms with van der Waals surface area (Å²) in [4.78, 5) is 2.18. The van der Waals surface area contributed by atoms with Gasteiger partial charge in [0, 0.05) is 18.6 Å². The summed E-state index contributed by atoms with van der Waals surface area (Å²) in [6.45, 7) is 9.12. The zero-order valence-corrected chi connectivity index (χ0v) is 11.6. The maximum Gasteiger partial charge on any atom is 0.146 e. The van der Waals surface area contributed by atoms with Crippen LogP contribution in [0.3, 0.4) is 0 Å². The van der Waals surface area contributed by atoms with Crippen molar-refractivity contribution >= 4 is 5.69 Å². The van der Waals surface area contributed by atoms with Crippen molar-refractivity contribution in [3.05, 3.63) is 29.6 Å². The second kappa shape index (κ2) is 5.27. The number of nitrogens with one attached hydrogen (secondary N) is 1. The number of rotatable bonds is 2. The molecule has 1 aromatic carbocycles. The van der Waals surface area contributed by atoms with Gasteiger partial charge in [-0.2, -0.15) is 0 Å². The van der Waals surface area contributed by atoms with Crippen LogP contribution in [0.1, 0.15) is 32.3 Å². The van der Waals surface area contributed by atoms with E-state index in [0.717, 1.165) is 43.7 Å². The van der Waals surface area contributed by atoms with Crippen LogP contribution in [0.5, 0.6) is 0 Å². The maximum absolute atomic E-state index is 14.1. The molecular formula is C15H23FN2. The van der Waals surface area contributed by atoms with Crippen LogP contribution in [0, 0.1) is 12.7 Å². The molecule has 1 saturated heterocycles. The van der Waals surface area contributed by atoms with Gasteiger partial charge in [0.15, 0.2) is 0 Å². The van der Waals surface area contributed by atoms with Crippen LogP contribution in [0.2, 0.25) is 0 Å². The van der Waals surface area contributed by atoms with E-state index in [1.54, 1.807) is 6.07 Å². The predicted octanol–water partition coefficient (Wildman–Crippen LogP) is 3.10. The van der Waals surface area contributed by atoms with Gasteiger partial charge in [-0.1, -0.05) is 13.0 Å². The van der Waals surface area contributed by atoms with Gasteiger partial charge in [-0.05, 0) is 50.9 Å². The smallest absolute Gasteiger partial charge is 0.146 e. The molecule has 1 atom stereocenters. The Morgan fingerprint density at radius 3 is 2.89 bits per heavy atom. The van der Waals surface area contributed by atoms with E-state index in [1.165, 1.54) is 0 Å². The van der Waals surface area contributed by atoms with E-state index >= 15 is 0 Å². The summed E-state index contributed by atoms with van der Waals surface area (Å²) in [5.41, 5.74) is 1.79. The van der Waals surface area contributed by atoms with E-state index in [2.05, 4.69) is 24.1 Å². The predicted molar refractivity (Wildman–Crippen MR) is 74.7 cm³/mol. The molecule has 1 heterocycles. The minimum atomic E-state index is -0.102. The Hall–Kier alpha value is -1.09. The van der Waals surface area contributed by atoms with Crippen LogP contribution in [0.4, 0.5) is 10.1 Å². The Balaban J connectivity index is 2.25. The van der Waals surface area contributed by atoms with E-state index in [0.29, 0.717) is 0 Å². The molecular weight excluding hydrogens is 227 g/mol. The third kappa shape index (κ3) is 2.83. The topological polar surface area (TPSA) is 15.3 Å². The molecule has 3 heteroatoms. The first-order chi connectivity index (χ1) is 8.54. The monoisotopic (exact) mass is 250 g/mol. The van der Waals surface area contributed by atoms with Crippen LogP contribution in [-0.4, -0.2) is 25.2 Å². The van der Waals surface area contributed by atoms with Crippen molar-refractivity contribution in [2.75, 3.05) is 24.5 Å². The molecule has 0 aromatic heterocycles. The van der Waals surface area contributed by atoms with Gasteiger partial charge in [-0.25, -0.2) is 4.39 Å². The molecule has 1 unspecified atom stereocenters. The lowest BCUT2D eigenvalue weighted by Crippen LogP contribution is -2.48. The quantitative estimate of drug-likeness (QED) is 0.867. The van der Waals surface area contributed by atoms with Gasteiger partial charge in [0.25, 0.3) is 0 Å². The van der Waals surface area contributed by atoms with Gasteiger partial charge in [0.2, 0.25) is 0 Å². The minimum absolute atomic E-state index is 0.0772. The molecule has 1 aliphatic heterocycles. The van der Waals surface area contributed by atoms with Gasteiger partial charge in [-0.3, -0.25) is 0 Å². The molecule has 100 valence electrons. The van der Waals surface area contributed by atoms with Crippen molar-refractivity contribution in [3.8, 4) is 0 Å². The first-order valence-electron chi connectivity index (χ1n) is 6.80. The average molecular weight is 250 g/mol. The number of halogens is 1. The molecule has 0 bridgehead atoms. The molecule has 1 N–H and O–H groups in total. The van der Waals surface area contributed by atoms with Crippen molar-refractivity contribution in [1.82, 2.24) is 5.32 Å². The molecule has 0 spiro atoms. The van der Waals surface area contributed by atoms with Gasteiger partial charge < -0.3 is 10.2 Å². The molecule has 0 aliphatic carbocycles. The fourth-order valence-corrected chi connectivity index (χ4v) is 2.53. The molecule has 0 radical (unpaired) electrons. The highest BCUT2D eigenvalue weighted by Gasteiger charge is 2.28. The summed E-state index contributed by atoms with van der Waals surface area (Å²) in [5.74, 6) is -0.102. The van der Waals surface area contributed by atoms with Gasteiger partial charge >= 0.3 is 0 Å². The molecule has 0 saturated carbocycles. The molecule has 1 aromatic rings. The molecule has 1 fully saturated rings. The average Bonchev–Trinajstić information content (AvgIpc) is 2.52. The van der Waals surface area contributed by atoms with Crippen LogP contribution in [-0.2, 0) is 0 Å². The Bertz CT molecular complexity index is 419. The Morgan fingerprint density at radius 1 is 1.44 bits per heavy atom. The van der Waals surface area contributed by atoms with Gasteiger partial charge in [-0.15, -0.1) is 0 Å². The SMILES string of the molecule is CCC1(C)CN(c2ccc(C)cc2F)CCCN1. The summed E-state index contributed by atoms with van der Waals surface area (Å²) in [6.07, 6.45) is 2.11. The minimum Gasteiger partial charge on any atom is -0.367 e. The van der Waals surface area contributed by atoms with Crippen molar-refractivity contribution < 1.29 is 4.39 Å². The van der Waals surface area contributed by atoms with Gasteiger partial charge in [0.1, 0.15) is 5.82 Å². The third-order valence-corrected chi connectivity index (χ3v) is 3.92. The zero-order chi connectivity index (χ0) is 13.2. The summed E-state index contributed by atoms with van der Waals surface area (Å²) in [7, 11) is 0. The van der Waals surface area contributed by atoms with E-state index in [1.807, 2.05) is 19.1 Å². The molecule has 1 aliphatic rings. The van der Waals surface area contributed by atoms with Crippen LogP contribution >= 0.6 is 0 Å². The van der Waals surface area contributed by atoms with Gasteiger partial charge in [0.05, 0.1) is 5.69 Å². The van der Waals surface area contributed by atoms with E-state index < -0.39 is 0 Å². The third-order valence-electron chi connectivity index (χ3n) is 3.92. The lowest BCUT2D eigenvalue weighted by molar-refractivity contribution is 0.366. The molecule has 2 rings (SSSR count). The zero-order valence-electron chi connectivity index (χ0n) is 11.6. The van der Waals surface area contributed by atoms with E-state index in [4.69, 9.17) is 0 Å². The summed E-state index contributed by atoms with van der Waals surface area (Å²) < 4.78 is 14.1. The van der Waals surface area contributed by atoms with Crippen molar-refractivity contribution in [2.45, 2.75) is 39.2 Å². The Morgan fingerprint density at radius 2 is 2.22 bits per heavy atom. The van der Waals surface area contributed by atoms with Crippen molar-refractivity contribution in [3.63, 3.8) is 0 Å².